The number of carbonyl (C=O) groups excluding carboxylic acids is 1. The van der Waals surface area contributed by atoms with E-state index in [1.165, 1.54) is 0 Å². The zero-order chi connectivity index (χ0) is 26.8. The van der Waals surface area contributed by atoms with Gasteiger partial charge in [0.25, 0.3) is 0 Å². The fraction of sp³-hybridized carbons (Fsp3) is 0.207. The maximum atomic E-state index is 12.8. The number of thiocarbonyl (C=S) groups is 1. The predicted octanol–water partition coefficient (Wildman–Crippen LogP) is 6.80. The summed E-state index contributed by atoms with van der Waals surface area (Å²) in [5, 5.41) is 8.18. The van der Waals surface area contributed by atoms with Crippen molar-refractivity contribution < 1.29 is 4.79 Å². The van der Waals surface area contributed by atoms with Gasteiger partial charge < -0.3 is 20.1 Å². The summed E-state index contributed by atoms with van der Waals surface area (Å²) in [7, 11) is 0. The summed E-state index contributed by atoms with van der Waals surface area (Å²) >= 11 is 18.6. The fourth-order valence-corrected chi connectivity index (χ4v) is 5.90. The Balaban J connectivity index is 1.49. The number of anilines is 1. The molecule has 2 aromatic carbocycles. The van der Waals surface area contributed by atoms with Crippen molar-refractivity contribution in [3.8, 4) is 5.69 Å². The summed E-state index contributed by atoms with van der Waals surface area (Å²) < 4.78 is 2.13. The molecule has 1 aliphatic rings. The first kappa shape index (κ1) is 26.2. The molecule has 0 radical (unpaired) electrons. The lowest BCUT2D eigenvalue weighted by Crippen LogP contribution is -2.32. The van der Waals surface area contributed by atoms with Crippen LogP contribution in [0.5, 0.6) is 0 Å². The number of para-hydroxylation sites is 1. The number of nitrogens with one attached hydrogen (secondary N) is 2. The molecule has 2 N–H and O–H groups in total. The largest absolute Gasteiger partial charge is 0.352 e. The Morgan fingerprint density at radius 1 is 1.05 bits per heavy atom. The molecule has 3 heterocycles. The predicted molar refractivity (Wildman–Crippen MR) is 157 cm³/mol. The topological polar surface area (TPSA) is 62.2 Å². The van der Waals surface area contributed by atoms with E-state index in [1.807, 2.05) is 60.7 Å². The lowest BCUT2D eigenvalue weighted by atomic mass is 9.96. The highest BCUT2D eigenvalue weighted by atomic mass is 35.5. The number of hydrogen-bond donors (Lipinski definition) is 2. The summed E-state index contributed by atoms with van der Waals surface area (Å²) in [4.78, 5) is 19.5. The van der Waals surface area contributed by atoms with Crippen LogP contribution in [0.25, 0.3) is 5.69 Å². The van der Waals surface area contributed by atoms with Gasteiger partial charge in [0.05, 0.1) is 28.5 Å². The van der Waals surface area contributed by atoms with E-state index < -0.39 is 0 Å². The number of aromatic nitrogens is 2. The molecule has 0 aliphatic carbocycles. The van der Waals surface area contributed by atoms with Gasteiger partial charge in [0.1, 0.15) is 0 Å². The molecule has 6 nitrogen and oxygen atoms in total. The summed E-state index contributed by atoms with van der Waals surface area (Å²) in [6, 6.07) is 22.6. The second kappa shape index (κ2) is 11.2. The van der Waals surface area contributed by atoms with E-state index in [9.17, 15) is 4.79 Å². The first-order valence-corrected chi connectivity index (χ1v) is 13.5. The van der Waals surface area contributed by atoms with Gasteiger partial charge in [-0.25, -0.2) is 0 Å². The number of hydrogen-bond acceptors (Lipinski definition) is 3. The Bertz CT molecular complexity index is 1480. The molecule has 0 bridgehead atoms. The molecule has 1 aliphatic heterocycles. The summed E-state index contributed by atoms with van der Waals surface area (Å²) in [6.07, 6.45) is 2.06. The minimum Gasteiger partial charge on any atom is -0.352 e. The van der Waals surface area contributed by atoms with E-state index in [-0.39, 0.29) is 24.4 Å². The molecule has 0 spiro atoms. The summed E-state index contributed by atoms with van der Waals surface area (Å²) in [6.45, 7) is 4.57. The van der Waals surface area contributed by atoms with E-state index in [1.54, 1.807) is 12.3 Å². The number of amides is 1. The van der Waals surface area contributed by atoms with Crippen molar-refractivity contribution in [3.63, 3.8) is 0 Å². The van der Waals surface area contributed by atoms with Crippen LogP contribution < -0.4 is 10.6 Å². The molecule has 1 amide bonds. The lowest BCUT2D eigenvalue weighted by Gasteiger charge is -2.28. The molecule has 0 saturated carbocycles. The van der Waals surface area contributed by atoms with Crippen LogP contribution in [-0.2, 0) is 4.79 Å². The molecule has 38 heavy (non-hydrogen) atoms. The molecule has 5 rings (SSSR count). The van der Waals surface area contributed by atoms with Crippen LogP contribution in [0.15, 0.2) is 79.0 Å². The van der Waals surface area contributed by atoms with Crippen LogP contribution in [0.1, 0.15) is 41.1 Å². The van der Waals surface area contributed by atoms with Crippen LogP contribution in [0, 0.1) is 13.8 Å². The monoisotopic (exact) mass is 563 g/mol. The van der Waals surface area contributed by atoms with Crippen molar-refractivity contribution in [3.05, 3.63) is 112 Å². The summed E-state index contributed by atoms with van der Waals surface area (Å²) in [5.41, 5.74) is 5.65. The SMILES string of the molecule is Cc1cc([C@H]2[C@@H](c3ccccn3)NC(=S)N2CCC(=O)Nc2ccccc2)c(C)n1-c1ccc(Cl)cc1Cl. The highest BCUT2D eigenvalue weighted by molar-refractivity contribution is 7.80. The molecule has 1 saturated heterocycles. The Morgan fingerprint density at radius 2 is 1.82 bits per heavy atom. The van der Waals surface area contributed by atoms with Crippen molar-refractivity contribution >= 4 is 52.1 Å². The van der Waals surface area contributed by atoms with Crippen molar-refractivity contribution in [2.45, 2.75) is 32.4 Å². The highest BCUT2D eigenvalue weighted by Crippen LogP contribution is 2.42. The number of benzene rings is 2. The van der Waals surface area contributed by atoms with Crippen LogP contribution in [-0.4, -0.2) is 32.0 Å². The second-order valence-electron chi connectivity index (χ2n) is 9.24. The highest BCUT2D eigenvalue weighted by Gasteiger charge is 2.41. The Labute approximate surface area is 237 Å². The van der Waals surface area contributed by atoms with Gasteiger partial charge in [0, 0.05) is 41.3 Å². The van der Waals surface area contributed by atoms with E-state index in [0.29, 0.717) is 21.7 Å². The van der Waals surface area contributed by atoms with Gasteiger partial charge in [-0.2, -0.15) is 0 Å². The zero-order valence-electron chi connectivity index (χ0n) is 21.0. The van der Waals surface area contributed by atoms with Crippen molar-refractivity contribution in [2.75, 3.05) is 11.9 Å². The molecule has 1 fully saturated rings. The molecule has 4 aromatic rings. The number of pyridine rings is 1. The minimum absolute atomic E-state index is 0.0718. The molecule has 9 heteroatoms. The second-order valence-corrected chi connectivity index (χ2v) is 10.5. The fourth-order valence-electron chi connectivity index (χ4n) is 5.07. The number of nitrogens with zero attached hydrogens (tertiary/aromatic N) is 3. The van der Waals surface area contributed by atoms with Gasteiger partial charge in [0.15, 0.2) is 5.11 Å². The van der Waals surface area contributed by atoms with Crippen molar-refractivity contribution in [1.29, 1.82) is 0 Å². The van der Waals surface area contributed by atoms with Gasteiger partial charge >= 0.3 is 0 Å². The molecule has 0 unspecified atom stereocenters. The van der Waals surface area contributed by atoms with Crippen molar-refractivity contribution in [2.24, 2.45) is 0 Å². The average Bonchev–Trinajstić information content (AvgIpc) is 3.38. The van der Waals surface area contributed by atoms with Gasteiger partial charge in [-0.05, 0) is 80.2 Å². The number of carbonyl (C=O) groups is 1. The Morgan fingerprint density at radius 3 is 2.53 bits per heavy atom. The van der Waals surface area contributed by atoms with E-state index >= 15 is 0 Å². The molecular formula is C29H27Cl2N5OS. The average molecular weight is 565 g/mol. The van der Waals surface area contributed by atoms with Gasteiger partial charge in [0.2, 0.25) is 5.91 Å². The van der Waals surface area contributed by atoms with E-state index in [2.05, 4.69) is 45.0 Å². The minimum atomic E-state index is -0.185. The molecule has 2 atom stereocenters. The first-order chi connectivity index (χ1) is 18.3. The van der Waals surface area contributed by atoms with Crippen LogP contribution in [0.2, 0.25) is 10.0 Å². The smallest absolute Gasteiger partial charge is 0.226 e. The standard InChI is InChI=1S/C29H27Cl2N5OS/c1-18-16-22(19(2)36(18)25-12-11-20(30)17-23(25)31)28-27(24-10-6-7-14-32-24)34-29(38)35(28)15-13-26(37)33-21-8-4-3-5-9-21/h3-12,14,16-17,27-28H,13,15H2,1-2H3,(H,33,37)(H,34,38)/t27-,28+/m1/s1. The maximum absolute atomic E-state index is 12.8. The van der Waals surface area contributed by atoms with Crippen LogP contribution in [0.4, 0.5) is 5.69 Å². The van der Waals surface area contributed by atoms with Gasteiger partial charge in [-0.15, -0.1) is 0 Å². The van der Waals surface area contributed by atoms with Crippen LogP contribution >= 0.6 is 35.4 Å². The lowest BCUT2D eigenvalue weighted by molar-refractivity contribution is -0.116. The zero-order valence-corrected chi connectivity index (χ0v) is 23.3. The third-order valence-corrected chi connectivity index (χ3v) is 7.66. The first-order valence-electron chi connectivity index (χ1n) is 12.3. The molecular weight excluding hydrogens is 537 g/mol. The number of halogens is 2. The van der Waals surface area contributed by atoms with Crippen molar-refractivity contribution in [1.82, 2.24) is 19.8 Å². The number of rotatable bonds is 7. The molecule has 194 valence electrons. The third-order valence-electron chi connectivity index (χ3n) is 6.77. The quantitative estimate of drug-likeness (QED) is 0.242. The Kier molecular flexibility index (Phi) is 7.70. The van der Waals surface area contributed by atoms with Gasteiger partial charge in [-0.1, -0.05) is 47.5 Å². The normalized spacial score (nSPS) is 16.9. The summed E-state index contributed by atoms with van der Waals surface area (Å²) in [5.74, 6) is -0.0718. The van der Waals surface area contributed by atoms with E-state index in [4.69, 9.17) is 35.4 Å². The third kappa shape index (κ3) is 5.27. The number of aryl methyl sites for hydroxylation is 1. The van der Waals surface area contributed by atoms with Crippen LogP contribution in [0.3, 0.4) is 0 Å². The van der Waals surface area contributed by atoms with Gasteiger partial charge in [-0.3, -0.25) is 9.78 Å². The maximum Gasteiger partial charge on any atom is 0.226 e. The van der Waals surface area contributed by atoms with E-state index in [0.717, 1.165) is 34.0 Å². The molecule has 2 aromatic heterocycles. The Hall–Kier alpha value is -3.39.